The van der Waals surface area contributed by atoms with Crippen LogP contribution in [0.2, 0.25) is 0 Å². The van der Waals surface area contributed by atoms with Gasteiger partial charge >= 0.3 is 0 Å². The second-order valence-corrected chi connectivity index (χ2v) is 9.39. The van der Waals surface area contributed by atoms with Gasteiger partial charge < -0.3 is 15.5 Å². The van der Waals surface area contributed by atoms with Gasteiger partial charge in [-0.1, -0.05) is 65.5 Å². The molecule has 0 radical (unpaired) electrons. The Kier molecular flexibility index (Phi) is 18.8. The molecule has 0 aliphatic carbocycles. The van der Waals surface area contributed by atoms with E-state index in [0.717, 1.165) is 24.2 Å². The Balaban J connectivity index is 0. The zero-order valence-corrected chi connectivity index (χ0v) is 21.6. The number of nitrogens with zero attached hydrogens (tertiary/aromatic N) is 1. The SMILES string of the molecule is C/C(=C\c1cc(F)cnc1C)C(C)(C)C.CC(C)O.CCC.OCC1CCCCCN1. The van der Waals surface area contributed by atoms with Gasteiger partial charge in [-0.2, -0.15) is 0 Å². The van der Waals surface area contributed by atoms with Crippen LogP contribution in [0.15, 0.2) is 17.8 Å². The van der Waals surface area contributed by atoms with E-state index in [-0.39, 0.29) is 17.3 Å². The van der Waals surface area contributed by atoms with E-state index in [2.05, 4.69) is 51.8 Å². The lowest BCUT2D eigenvalue weighted by Gasteiger charge is -2.19. The molecule has 31 heavy (non-hydrogen) atoms. The molecule has 2 heterocycles. The van der Waals surface area contributed by atoms with Crippen molar-refractivity contribution in [1.29, 1.82) is 0 Å². The Labute approximate surface area is 191 Å². The summed E-state index contributed by atoms with van der Waals surface area (Å²) >= 11 is 0. The molecule has 1 atom stereocenters. The van der Waals surface area contributed by atoms with Crippen molar-refractivity contribution in [3.63, 3.8) is 0 Å². The quantitative estimate of drug-likeness (QED) is 0.505. The number of nitrogens with one attached hydrogen (secondary N) is 1. The first-order valence-electron chi connectivity index (χ1n) is 11.7. The Hall–Kier alpha value is -1.30. The number of hydrogen-bond acceptors (Lipinski definition) is 4. The van der Waals surface area contributed by atoms with E-state index in [9.17, 15) is 4.39 Å². The Bertz CT molecular complexity index is 585. The third-order valence-corrected chi connectivity index (χ3v) is 4.53. The molecule has 1 aliphatic rings. The molecule has 2 rings (SSSR count). The van der Waals surface area contributed by atoms with E-state index in [1.807, 2.05) is 13.0 Å². The number of aliphatic hydroxyl groups excluding tert-OH is 2. The topological polar surface area (TPSA) is 65.4 Å². The summed E-state index contributed by atoms with van der Waals surface area (Å²) in [5.41, 5.74) is 3.05. The summed E-state index contributed by atoms with van der Waals surface area (Å²) in [5.74, 6) is -0.284. The van der Waals surface area contributed by atoms with Crippen molar-refractivity contribution in [1.82, 2.24) is 10.3 Å². The summed E-state index contributed by atoms with van der Waals surface area (Å²) in [6.45, 7) is 19.5. The molecule has 1 aromatic rings. The molecular formula is C26H49FN2O2. The van der Waals surface area contributed by atoms with Gasteiger partial charge in [-0.05, 0) is 64.1 Å². The van der Waals surface area contributed by atoms with Crippen LogP contribution < -0.4 is 5.32 Å². The minimum absolute atomic E-state index is 0.110. The first-order chi connectivity index (χ1) is 14.4. The zero-order valence-electron chi connectivity index (χ0n) is 21.6. The summed E-state index contributed by atoms with van der Waals surface area (Å²) in [7, 11) is 0. The average Bonchev–Trinajstić information content (AvgIpc) is 2.93. The van der Waals surface area contributed by atoms with Gasteiger partial charge in [0, 0.05) is 17.8 Å². The number of aliphatic hydroxyl groups is 2. The summed E-state index contributed by atoms with van der Waals surface area (Å²) in [5, 5.41) is 20.1. The van der Waals surface area contributed by atoms with Crippen molar-refractivity contribution in [3.05, 3.63) is 34.9 Å². The van der Waals surface area contributed by atoms with Gasteiger partial charge in [0.05, 0.1) is 12.8 Å². The smallest absolute Gasteiger partial charge is 0.142 e. The molecule has 3 N–H and O–H groups in total. The molecular weight excluding hydrogens is 391 g/mol. The molecule has 0 saturated carbocycles. The molecule has 182 valence electrons. The van der Waals surface area contributed by atoms with E-state index in [0.29, 0.717) is 12.6 Å². The summed E-state index contributed by atoms with van der Waals surface area (Å²) in [6, 6.07) is 1.91. The standard InChI is InChI=1S/C13H18FN.C7H15NO.C3H8O.C3H8/c1-9(13(3,4)5)6-11-7-12(14)8-15-10(11)2;9-6-7-4-2-1-3-5-8-7;1-3(2)4;1-3-2/h6-8H,1-5H3;7-9H,1-6H2;3-4H,1-2H3;3H2,1-2H3/b9-6+;;;. The molecule has 0 amide bonds. The lowest BCUT2D eigenvalue weighted by atomic mass is 9.86. The minimum Gasteiger partial charge on any atom is -0.395 e. The summed E-state index contributed by atoms with van der Waals surface area (Å²) in [4.78, 5) is 3.99. The number of pyridine rings is 1. The van der Waals surface area contributed by atoms with Crippen LogP contribution in [0, 0.1) is 18.2 Å². The Morgan fingerprint density at radius 2 is 1.81 bits per heavy atom. The summed E-state index contributed by atoms with van der Waals surface area (Å²) < 4.78 is 13.0. The van der Waals surface area contributed by atoms with Crippen molar-refractivity contribution >= 4 is 6.08 Å². The highest BCUT2D eigenvalue weighted by molar-refractivity contribution is 5.55. The lowest BCUT2D eigenvalue weighted by molar-refractivity contribution is 0.216. The molecule has 1 saturated heterocycles. The van der Waals surface area contributed by atoms with Gasteiger partial charge in [0.25, 0.3) is 0 Å². The molecule has 0 spiro atoms. The molecule has 1 unspecified atom stereocenters. The fourth-order valence-corrected chi connectivity index (χ4v) is 2.38. The van der Waals surface area contributed by atoms with Crippen molar-refractivity contribution in [2.24, 2.45) is 5.41 Å². The van der Waals surface area contributed by atoms with Crippen molar-refractivity contribution in [3.8, 4) is 0 Å². The molecule has 0 aromatic carbocycles. The first-order valence-corrected chi connectivity index (χ1v) is 11.7. The van der Waals surface area contributed by atoms with Gasteiger partial charge in [0.2, 0.25) is 0 Å². The largest absolute Gasteiger partial charge is 0.395 e. The number of aromatic nitrogens is 1. The van der Waals surface area contributed by atoms with Gasteiger partial charge in [0.1, 0.15) is 5.82 Å². The Morgan fingerprint density at radius 1 is 1.26 bits per heavy atom. The minimum atomic E-state index is -0.284. The first kappa shape index (κ1) is 31.9. The highest BCUT2D eigenvalue weighted by Gasteiger charge is 2.13. The van der Waals surface area contributed by atoms with Crippen LogP contribution in [0.1, 0.15) is 98.8 Å². The van der Waals surface area contributed by atoms with E-state index in [1.165, 1.54) is 43.5 Å². The zero-order chi connectivity index (χ0) is 24.4. The number of hydrogen-bond donors (Lipinski definition) is 3. The van der Waals surface area contributed by atoms with E-state index in [1.54, 1.807) is 13.8 Å². The van der Waals surface area contributed by atoms with E-state index in [4.69, 9.17) is 10.2 Å². The van der Waals surface area contributed by atoms with Gasteiger partial charge in [-0.15, -0.1) is 0 Å². The van der Waals surface area contributed by atoms with Crippen molar-refractivity contribution in [2.45, 2.75) is 107 Å². The highest BCUT2D eigenvalue weighted by Crippen LogP contribution is 2.27. The van der Waals surface area contributed by atoms with E-state index >= 15 is 0 Å². The highest BCUT2D eigenvalue weighted by atomic mass is 19.1. The molecule has 1 fully saturated rings. The normalized spacial score (nSPS) is 16.7. The van der Waals surface area contributed by atoms with Gasteiger partial charge in [0.15, 0.2) is 0 Å². The maximum atomic E-state index is 13.0. The lowest BCUT2D eigenvalue weighted by Crippen LogP contribution is -2.31. The number of aryl methyl sites for hydroxylation is 1. The number of halogens is 1. The van der Waals surface area contributed by atoms with Crippen LogP contribution in [-0.2, 0) is 0 Å². The van der Waals surface area contributed by atoms with Crippen LogP contribution in [0.4, 0.5) is 4.39 Å². The average molecular weight is 441 g/mol. The van der Waals surface area contributed by atoms with Crippen LogP contribution >= 0.6 is 0 Å². The second-order valence-electron chi connectivity index (χ2n) is 9.39. The fraction of sp³-hybridized carbons (Fsp3) is 0.731. The van der Waals surface area contributed by atoms with E-state index < -0.39 is 0 Å². The van der Waals surface area contributed by atoms with Crippen LogP contribution in [0.3, 0.4) is 0 Å². The van der Waals surface area contributed by atoms with Crippen molar-refractivity contribution < 1.29 is 14.6 Å². The van der Waals surface area contributed by atoms with Gasteiger partial charge in [-0.3, -0.25) is 4.98 Å². The molecule has 4 nitrogen and oxygen atoms in total. The third kappa shape index (κ3) is 19.1. The number of rotatable bonds is 2. The monoisotopic (exact) mass is 440 g/mol. The second kappa shape index (κ2) is 18.3. The van der Waals surface area contributed by atoms with Crippen LogP contribution in [-0.4, -0.2) is 40.5 Å². The molecule has 1 aromatic heterocycles. The predicted molar refractivity (Wildman–Crippen MR) is 133 cm³/mol. The maximum Gasteiger partial charge on any atom is 0.142 e. The fourth-order valence-electron chi connectivity index (χ4n) is 2.38. The predicted octanol–water partition coefficient (Wildman–Crippen LogP) is 6.29. The van der Waals surface area contributed by atoms with Crippen LogP contribution in [0.25, 0.3) is 6.08 Å². The third-order valence-electron chi connectivity index (χ3n) is 4.53. The number of allylic oxidation sites excluding steroid dienone is 1. The summed E-state index contributed by atoms with van der Waals surface area (Å²) in [6.07, 6.45) is 9.36. The molecule has 0 bridgehead atoms. The molecule has 1 aliphatic heterocycles. The Morgan fingerprint density at radius 3 is 2.29 bits per heavy atom. The van der Waals surface area contributed by atoms with Crippen molar-refractivity contribution in [2.75, 3.05) is 13.2 Å². The maximum absolute atomic E-state index is 13.0. The molecule has 5 heteroatoms. The van der Waals surface area contributed by atoms with Gasteiger partial charge in [-0.25, -0.2) is 4.39 Å². The van der Waals surface area contributed by atoms with Crippen LogP contribution in [0.5, 0.6) is 0 Å².